The number of hydrogen-bond donors (Lipinski definition) is 1. The third-order valence-electron chi connectivity index (χ3n) is 8.02. The fraction of sp³-hybridized carbons (Fsp3) is 0.394. The van der Waals surface area contributed by atoms with E-state index in [4.69, 9.17) is 34.8 Å². The van der Waals surface area contributed by atoms with Gasteiger partial charge in [0, 0.05) is 52.6 Å². The van der Waals surface area contributed by atoms with Gasteiger partial charge in [-0.2, -0.15) is 0 Å². The smallest absolute Gasteiger partial charge is 0.243 e. The van der Waals surface area contributed by atoms with E-state index in [1.165, 1.54) is 4.31 Å². The van der Waals surface area contributed by atoms with E-state index in [0.717, 1.165) is 37.5 Å². The number of nitrogens with zero attached hydrogens (tertiary/aromatic N) is 2. The molecule has 0 unspecified atom stereocenters. The quantitative estimate of drug-likeness (QED) is 0.207. The van der Waals surface area contributed by atoms with E-state index in [9.17, 15) is 18.0 Å². The molecule has 236 valence electrons. The van der Waals surface area contributed by atoms with Gasteiger partial charge in [0.25, 0.3) is 0 Å². The van der Waals surface area contributed by atoms with Crippen molar-refractivity contribution in [3.63, 3.8) is 0 Å². The van der Waals surface area contributed by atoms with Crippen LogP contribution in [0.5, 0.6) is 0 Å². The Morgan fingerprint density at radius 3 is 2.16 bits per heavy atom. The zero-order valence-corrected chi connectivity index (χ0v) is 28.0. The average molecular weight is 679 g/mol. The molecule has 0 saturated heterocycles. The van der Waals surface area contributed by atoms with Crippen LogP contribution in [0.2, 0.25) is 15.1 Å². The molecule has 7 nitrogen and oxygen atoms in total. The summed E-state index contributed by atoms with van der Waals surface area (Å²) >= 11 is 19.4. The molecule has 2 amide bonds. The van der Waals surface area contributed by atoms with Crippen LogP contribution in [0.4, 0.5) is 5.69 Å². The molecule has 1 aliphatic carbocycles. The number of benzene rings is 3. The minimum Gasteiger partial charge on any atom is -0.352 e. The van der Waals surface area contributed by atoms with Crippen molar-refractivity contribution in [2.75, 3.05) is 17.1 Å². The fourth-order valence-corrected chi connectivity index (χ4v) is 7.33. The Bertz CT molecular complexity index is 1540. The number of halogens is 3. The number of anilines is 1. The van der Waals surface area contributed by atoms with Crippen molar-refractivity contribution in [2.45, 2.75) is 70.5 Å². The molecule has 1 N–H and O–H groups in total. The maximum atomic E-state index is 14.1. The maximum Gasteiger partial charge on any atom is 0.243 e. The first kappa shape index (κ1) is 34.1. The van der Waals surface area contributed by atoms with Crippen LogP contribution in [0.3, 0.4) is 0 Å². The van der Waals surface area contributed by atoms with Gasteiger partial charge >= 0.3 is 0 Å². The number of nitrogens with one attached hydrogen (secondary N) is 1. The molecule has 44 heavy (non-hydrogen) atoms. The van der Waals surface area contributed by atoms with Gasteiger partial charge < -0.3 is 10.2 Å². The molecule has 0 spiro atoms. The molecule has 1 aliphatic rings. The topological polar surface area (TPSA) is 86.8 Å². The zero-order chi connectivity index (χ0) is 31.9. The highest BCUT2D eigenvalue weighted by molar-refractivity contribution is 7.92. The van der Waals surface area contributed by atoms with E-state index in [1.54, 1.807) is 48.2 Å². The normalized spacial score (nSPS) is 14.3. The lowest BCUT2D eigenvalue weighted by Crippen LogP contribution is -2.52. The van der Waals surface area contributed by atoms with E-state index < -0.39 is 16.1 Å². The summed E-state index contributed by atoms with van der Waals surface area (Å²) in [6.07, 6.45) is 5.54. The number of carbonyl (C=O) groups excluding carboxylic acids is 2. The Labute approximate surface area is 275 Å². The molecule has 3 aromatic rings. The molecular weight excluding hydrogens is 641 g/mol. The van der Waals surface area contributed by atoms with Crippen molar-refractivity contribution in [2.24, 2.45) is 0 Å². The van der Waals surface area contributed by atoms with Crippen LogP contribution in [-0.4, -0.2) is 50.0 Å². The van der Waals surface area contributed by atoms with Crippen LogP contribution in [0.25, 0.3) is 0 Å². The van der Waals surface area contributed by atoms with E-state index in [-0.39, 0.29) is 43.8 Å². The Morgan fingerprint density at radius 2 is 1.52 bits per heavy atom. The van der Waals surface area contributed by atoms with Crippen molar-refractivity contribution in [1.29, 1.82) is 0 Å². The van der Waals surface area contributed by atoms with Crippen molar-refractivity contribution in [3.8, 4) is 0 Å². The molecular formula is C33H38Cl3N3O4S. The third-order valence-corrected chi connectivity index (χ3v) is 10.3. The third kappa shape index (κ3) is 8.90. The molecule has 0 radical (unpaired) electrons. The second kappa shape index (κ2) is 15.5. The van der Waals surface area contributed by atoms with Gasteiger partial charge in [-0.15, -0.1) is 0 Å². The Hall–Kier alpha value is -2.78. The van der Waals surface area contributed by atoms with Gasteiger partial charge in [0.2, 0.25) is 21.8 Å². The van der Waals surface area contributed by atoms with Crippen LogP contribution < -0.4 is 9.62 Å². The highest BCUT2D eigenvalue weighted by Gasteiger charge is 2.33. The first-order chi connectivity index (χ1) is 21.0. The SMILES string of the molecule is Cc1c(Cl)cccc1N(CCCC(=O)N(Cc1c(Cl)cccc1Cl)[C@H](Cc1ccccc1)C(=O)NC1CCCC1)S(C)(=O)=O. The highest BCUT2D eigenvalue weighted by Crippen LogP contribution is 2.30. The second-order valence-electron chi connectivity index (χ2n) is 11.2. The Kier molecular flexibility index (Phi) is 12.0. The molecule has 1 saturated carbocycles. The van der Waals surface area contributed by atoms with Crippen LogP contribution in [0, 0.1) is 6.92 Å². The predicted octanol–water partition coefficient (Wildman–Crippen LogP) is 7.20. The maximum absolute atomic E-state index is 14.1. The number of rotatable bonds is 13. The van der Waals surface area contributed by atoms with Gasteiger partial charge in [-0.05, 0) is 61.6 Å². The van der Waals surface area contributed by atoms with Crippen molar-refractivity contribution in [3.05, 3.63) is 98.5 Å². The molecule has 0 aliphatic heterocycles. The fourth-order valence-electron chi connectivity index (χ4n) is 5.62. The summed E-state index contributed by atoms with van der Waals surface area (Å²) in [5.41, 5.74) is 2.54. The molecule has 1 atom stereocenters. The summed E-state index contributed by atoms with van der Waals surface area (Å²) in [6, 6.07) is 19.0. The molecule has 4 rings (SSSR count). The second-order valence-corrected chi connectivity index (χ2v) is 14.4. The number of hydrogen-bond acceptors (Lipinski definition) is 4. The van der Waals surface area contributed by atoms with Gasteiger partial charge in [0.15, 0.2) is 0 Å². The minimum atomic E-state index is -3.67. The largest absolute Gasteiger partial charge is 0.352 e. The van der Waals surface area contributed by atoms with Crippen molar-refractivity contribution >= 4 is 62.3 Å². The molecule has 0 aromatic heterocycles. The molecule has 0 heterocycles. The van der Waals surface area contributed by atoms with E-state index in [0.29, 0.717) is 38.3 Å². The Balaban J connectivity index is 1.63. The zero-order valence-electron chi connectivity index (χ0n) is 24.9. The summed E-state index contributed by atoms with van der Waals surface area (Å²) in [6.45, 7) is 1.84. The first-order valence-corrected chi connectivity index (χ1v) is 17.7. The molecule has 3 aromatic carbocycles. The van der Waals surface area contributed by atoms with Crippen LogP contribution in [0.1, 0.15) is 55.2 Å². The van der Waals surface area contributed by atoms with Crippen LogP contribution in [-0.2, 0) is 32.6 Å². The van der Waals surface area contributed by atoms with E-state index in [1.807, 2.05) is 30.3 Å². The average Bonchev–Trinajstić information content (AvgIpc) is 3.49. The van der Waals surface area contributed by atoms with Gasteiger partial charge in [0.05, 0.1) is 11.9 Å². The minimum absolute atomic E-state index is 0.00426. The first-order valence-electron chi connectivity index (χ1n) is 14.7. The summed E-state index contributed by atoms with van der Waals surface area (Å²) in [5.74, 6) is -0.538. The molecule has 1 fully saturated rings. The lowest BCUT2D eigenvalue weighted by Gasteiger charge is -2.33. The monoisotopic (exact) mass is 677 g/mol. The summed E-state index contributed by atoms with van der Waals surface area (Å²) in [4.78, 5) is 29.6. The molecule has 0 bridgehead atoms. The molecule has 11 heteroatoms. The van der Waals surface area contributed by atoms with Gasteiger partial charge in [-0.1, -0.05) is 90.1 Å². The number of carbonyl (C=O) groups is 2. The van der Waals surface area contributed by atoms with Crippen LogP contribution >= 0.6 is 34.8 Å². The van der Waals surface area contributed by atoms with E-state index in [2.05, 4.69) is 5.32 Å². The number of sulfonamides is 1. The van der Waals surface area contributed by atoms with Crippen molar-refractivity contribution in [1.82, 2.24) is 10.2 Å². The predicted molar refractivity (Wildman–Crippen MR) is 179 cm³/mol. The van der Waals surface area contributed by atoms with Gasteiger partial charge in [-0.3, -0.25) is 13.9 Å². The lowest BCUT2D eigenvalue weighted by atomic mass is 10.0. The van der Waals surface area contributed by atoms with Gasteiger partial charge in [0.1, 0.15) is 6.04 Å². The van der Waals surface area contributed by atoms with Crippen molar-refractivity contribution < 1.29 is 18.0 Å². The summed E-state index contributed by atoms with van der Waals surface area (Å²) in [7, 11) is -3.67. The lowest BCUT2D eigenvalue weighted by molar-refractivity contribution is -0.141. The van der Waals surface area contributed by atoms with Crippen LogP contribution in [0.15, 0.2) is 66.7 Å². The Morgan fingerprint density at radius 1 is 0.909 bits per heavy atom. The number of amides is 2. The highest BCUT2D eigenvalue weighted by atomic mass is 35.5. The van der Waals surface area contributed by atoms with E-state index >= 15 is 0 Å². The van der Waals surface area contributed by atoms with Gasteiger partial charge in [-0.25, -0.2) is 8.42 Å². The summed E-state index contributed by atoms with van der Waals surface area (Å²) < 4.78 is 26.9. The standard InChI is InChI=1S/C33H38Cl3N3O4S/c1-23-27(34)15-9-18-30(23)39(44(2,42)43)20-10-19-32(40)38(22-26-28(35)16-8-17-29(26)36)31(21-24-11-4-3-5-12-24)33(41)37-25-13-6-7-14-25/h3-5,8-9,11-12,15-18,25,31H,6-7,10,13-14,19-22H2,1-2H3,(H,37,41)/t31-/m1/s1. The summed E-state index contributed by atoms with van der Waals surface area (Å²) in [5, 5.41) is 4.42.